The highest BCUT2D eigenvalue weighted by molar-refractivity contribution is 5.86. The van der Waals surface area contributed by atoms with E-state index in [1.54, 1.807) is 0 Å². The number of oxime groups is 1. The van der Waals surface area contributed by atoms with Gasteiger partial charge in [-0.15, -0.1) is 0 Å². The van der Waals surface area contributed by atoms with Crippen molar-refractivity contribution in [2.75, 3.05) is 0 Å². The van der Waals surface area contributed by atoms with E-state index in [1.807, 2.05) is 37.3 Å². The van der Waals surface area contributed by atoms with Crippen molar-refractivity contribution in [1.29, 1.82) is 0 Å². The van der Waals surface area contributed by atoms with Crippen LogP contribution in [0.2, 0.25) is 0 Å². The van der Waals surface area contributed by atoms with Gasteiger partial charge in [-0.1, -0.05) is 42.4 Å². The van der Waals surface area contributed by atoms with Gasteiger partial charge in [-0.05, 0) is 5.56 Å². The minimum atomic E-state index is -0.0313. The van der Waals surface area contributed by atoms with Crippen LogP contribution in [0.3, 0.4) is 0 Å². The molecule has 0 spiro atoms. The number of hydrogen-bond acceptors (Lipinski definition) is 2. The molecule has 3 nitrogen and oxygen atoms in total. The molecule has 0 aromatic heterocycles. The van der Waals surface area contributed by atoms with Gasteiger partial charge in [0.1, 0.15) is 5.84 Å². The van der Waals surface area contributed by atoms with E-state index in [4.69, 9.17) is 10.9 Å². The molecule has 64 valence electrons. The molecular formula is C9H12N2O. The number of rotatable bonds is 2. The van der Waals surface area contributed by atoms with E-state index in [0.29, 0.717) is 0 Å². The molecule has 1 rings (SSSR count). The lowest BCUT2D eigenvalue weighted by molar-refractivity contribution is 0.316. The average Bonchev–Trinajstić information content (AvgIpc) is 2.17. The van der Waals surface area contributed by atoms with Gasteiger partial charge in [0.05, 0.1) is 0 Å². The van der Waals surface area contributed by atoms with Crippen LogP contribution in [-0.2, 0) is 0 Å². The standard InChI is InChI=1S/C9H12N2O/c1-7(9(10)11-12)8-5-3-2-4-6-8/h2-7,12H,1H3,(H2,10,11)/t7-/m1/s1. The maximum atomic E-state index is 8.43. The van der Waals surface area contributed by atoms with Crippen LogP contribution in [0.15, 0.2) is 35.5 Å². The predicted octanol–water partition coefficient (Wildman–Crippen LogP) is 1.54. The third kappa shape index (κ3) is 1.75. The number of amidine groups is 1. The fraction of sp³-hybridized carbons (Fsp3) is 0.222. The monoisotopic (exact) mass is 164 g/mol. The quantitative estimate of drug-likeness (QED) is 0.301. The number of hydrogen-bond donors (Lipinski definition) is 2. The maximum absolute atomic E-state index is 8.43. The van der Waals surface area contributed by atoms with Gasteiger partial charge in [0.2, 0.25) is 0 Å². The first-order chi connectivity index (χ1) is 5.75. The summed E-state index contributed by atoms with van der Waals surface area (Å²) in [7, 11) is 0. The Morgan fingerprint density at radius 1 is 1.42 bits per heavy atom. The molecule has 0 fully saturated rings. The van der Waals surface area contributed by atoms with Crippen molar-refractivity contribution in [2.45, 2.75) is 12.8 Å². The number of benzene rings is 1. The third-order valence-corrected chi connectivity index (χ3v) is 1.86. The zero-order chi connectivity index (χ0) is 8.97. The van der Waals surface area contributed by atoms with E-state index in [1.165, 1.54) is 0 Å². The molecule has 3 heteroatoms. The van der Waals surface area contributed by atoms with Crippen molar-refractivity contribution in [2.24, 2.45) is 10.9 Å². The topological polar surface area (TPSA) is 58.6 Å². The van der Waals surface area contributed by atoms with Crippen molar-refractivity contribution >= 4 is 5.84 Å². The fourth-order valence-electron chi connectivity index (χ4n) is 0.999. The number of nitrogens with two attached hydrogens (primary N) is 1. The van der Waals surface area contributed by atoms with Crippen LogP contribution in [0, 0.1) is 0 Å². The normalized spacial score (nSPS) is 14.2. The van der Waals surface area contributed by atoms with Crippen LogP contribution in [0.4, 0.5) is 0 Å². The summed E-state index contributed by atoms with van der Waals surface area (Å²) in [6.07, 6.45) is 0. The molecule has 1 aromatic carbocycles. The second kappa shape index (κ2) is 3.76. The Hall–Kier alpha value is -1.51. The summed E-state index contributed by atoms with van der Waals surface area (Å²) in [5.41, 5.74) is 6.50. The molecule has 0 aliphatic rings. The first-order valence-corrected chi connectivity index (χ1v) is 3.78. The summed E-state index contributed by atoms with van der Waals surface area (Å²) >= 11 is 0. The van der Waals surface area contributed by atoms with Crippen LogP contribution in [0.5, 0.6) is 0 Å². The van der Waals surface area contributed by atoms with Crippen molar-refractivity contribution in [3.63, 3.8) is 0 Å². The highest BCUT2D eigenvalue weighted by Crippen LogP contribution is 2.13. The zero-order valence-corrected chi connectivity index (χ0v) is 6.94. The first kappa shape index (κ1) is 8.59. The molecule has 0 radical (unpaired) electrons. The predicted molar refractivity (Wildman–Crippen MR) is 48.3 cm³/mol. The molecule has 1 atom stereocenters. The van der Waals surface area contributed by atoms with Gasteiger partial charge in [0.15, 0.2) is 0 Å². The molecule has 0 heterocycles. The molecule has 0 bridgehead atoms. The largest absolute Gasteiger partial charge is 0.409 e. The summed E-state index contributed by atoms with van der Waals surface area (Å²) in [4.78, 5) is 0. The van der Waals surface area contributed by atoms with Crippen LogP contribution in [-0.4, -0.2) is 11.0 Å². The van der Waals surface area contributed by atoms with Crippen molar-refractivity contribution in [3.8, 4) is 0 Å². The fourth-order valence-corrected chi connectivity index (χ4v) is 0.999. The van der Waals surface area contributed by atoms with Gasteiger partial charge in [0, 0.05) is 5.92 Å². The Kier molecular flexibility index (Phi) is 2.69. The zero-order valence-electron chi connectivity index (χ0n) is 6.94. The lowest BCUT2D eigenvalue weighted by Gasteiger charge is -2.08. The summed E-state index contributed by atoms with van der Waals surface area (Å²) in [5.74, 6) is 0.206. The molecule has 0 saturated heterocycles. The van der Waals surface area contributed by atoms with Crippen LogP contribution >= 0.6 is 0 Å². The molecular weight excluding hydrogens is 152 g/mol. The van der Waals surface area contributed by atoms with Gasteiger partial charge in [-0.3, -0.25) is 0 Å². The molecule has 0 aliphatic heterocycles. The molecule has 0 aliphatic carbocycles. The Morgan fingerprint density at radius 3 is 2.50 bits per heavy atom. The van der Waals surface area contributed by atoms with E-state index >= 15 is 0 Å². The van der Waals surface area contributed by atoms with Gasteiger partial charge in [0.25, 0.3) is 0 Å². The summed E-state index contributed by atoms with van der Waals surface area (Å²) in [6, 6.07) is 9.68. The lowest BCUT2D eigenvalue weighted by atomic mass is 10.0. The third-order valence-electron chi connectivity index (χ3n) is 1.86. The van der Waals surface area contributed by atoms with Crippen LogP contribution in [0.1, 0.15) is 18.4 Å². The number of nitrogens with zero attached hydrogens (tertiary/aromatic N) is 1. The van der Waals surface area contributed by atoms with E-state index in [0.717, 1.165) is 5.56 Å². The van der Waals surface area contributed by atoms with Crippen molar-refractivity contribution in [1.82, 2.24) is 0 Å². The average molecular weight is 164 g/mol. The highest BCUT2D eigenvalue weighted by atomic mass is 16.4. The Balaban J connectivity index is 2.86. The van der Waals surface area contributed by atoms with Gasteiger partial charge < -0.3 is 10.9 Å². The molecule has 1 aromatic rings. The van der Waals surface area contributed by atoms with E-state index in [-0.39, 0.29) is 11.8 Å². The maximum Gasteiger partial charge on any atom is 0.146 e. The molecule has 12 heavy (non-hydrogen) atoms. The van der Waals surface area contributed by atoms with Gasteiger partial charge in [-0.25, -0.2) is 0 Å². The molecule has 0 unspecified atom stereocenters. The summed E-state index contributed by atoms with van der Waals surface area (Å²) in [5, 5.41) is 11.4. The lowest BCUT2D eigenvalue weighted by Crippen LogP contribution is -2.19. The van der Waals surface area contributed by atoms with Gasteiger partial charge >= 0.3 is 0 Å². The SMILES string of the molecule is C[C@@H](/C(N)=N\O)c1ccccc1. The molecule has 0 amide bonds. The Labute approximate surface area is 71.5 Å². The summed E-state index contributed by atoms with van der Waals surface area (Å²) < 4.78 is 0. The van der Waals surface area contributed by atoms with E-state index < -0.39 is 0 Å². The second-order valence-electron chi connectivity index (χ2n) is 2.66. The van der Waals surface area contributed by atoms with E-state index in [2.05, 4.69) is 5.16 Å². The molecule has 3 N–H and O–H groups in total. The van der Waals surface area contributed by atoms with Gasteiger partial charge in [-0.2, -0.15) is 0 Å². The summed E-state index contributed by atoms with van der Waals surface area (Å²) in [6.45, 7) is 1.89. The van der Waals surface area contributed by atoms with Crippen LogP contribution in [0.25, 0.3) is 0 Å². The smallest absolute Gasteiger partial charge is 0.146 e. The minimum Gasteiger partial charge on any atom is -0.409 e. The van der Waals surface area contributed by atoms with E-state index in [9.17, 15) is 0 Å². The highest BCUT2D eigenvalue weighted by Gasteiger charge is 2.08. The second-order valence-corrected chi connectivity index (χ2v) is 2.66. The Morgan fingerprint density at radius 2 is 2.00 bits per heavy atom. The van der Waals surface area contributed by atoms with Crippen molar-refractivity contribution in [3.05, 3.63) is 35.9 Å². The minimum absolute atomic E-state index is 0.0313. The molecule has 0 saturated carbocycles. The Bertz CT molecular complexity index is 269. The van der Waals surface area contributed by atoms with Crippen molar-refractivity contribution < 1.29 is 5.21 Å². The van der Waals surface area contributed by atoms with Crippen LogP contribution < -0.4 is 5.73 Å². The first-order valence-electron chi connectivity index (χ1n) is 3.78.